The number of esters is 1. The van der Waals surface area contributed by atoms with Crippen molar-refractivity contribution in [3.63, 3.8) is 0 Å². The smallest absolute Gasteiger partial charge is 0.338 e. The van der Waals surface area contributed by atoms with Gasteiger partial charge in [-0.3, -0.25) is 0 Å². The SMILES string of the molecule is CCC(C)OC(=O)c1ccc(N(C)C)c(N)c1. The maximum atomic E-state index is 11.8. The lowest BCUT2D eigenvalue weighted by Crippen LogP contribution is -2.15. The fourth-order valence-corrected chi connectivity index (χ4v) is 1.42. The summed E-state index contributed by atoms with van der Waals surface area (Å²) in [6.45, 7) is 3.84. The number of nitrogens with two attached hydrogens (primary N) is 1. The van der Waals surface area contributed by atoms with E-state index in [2.05, 4.69) is 0 Å². The molecule has 94 valence electrons. The minimum absolute atomic E-state index is 0.0720. The fraction of sp³-hybridized carbons (Fsp3) is 0.462. The Morgan fingerprint density at radius 3 is 2.59 bits per heavy atom. The summed E-state index contributed by atoms with van der Waals surface area (Å²) in [5.74, 6) is -0.323. The summed E-state index contributed by atoms with van der Waals surface area (Å²) < 4.78 is 5.23. The average molecular weight is 236 g/mol. The third kappa shape index (κ3) is 3.37. The molecule has 17 heavy (non-hydrogen) atoms. The molecule has 4 nitrogen and oxygen atoms in total. The largest absolute Gasteiger partial charge is 0.459 e. The summed E-state index contributed by atoms with van der Waals surface area (Å²) in [6.07, 6.45) is 0.731. The average Bonchev–Trinajstić information content (AvgIpc) is 2.28. The van der Waals surface area contributed by atoms with Crippen LogP contribution in [0.3, 0.4) is 0 Å². The molecule has 1 aromatic rings. The first-order valence-corrected chi connectivity index (χ1v) is 5.73. The van der Waals surface area contributed by atoms with Crippen LogP contribution in [0.1, 0.15) is 30.6 Å². The molecule has 0 spiro atoms. The van der Waals surface area contributed by atoms with Crippen LogP contribution in [0, 0.1) is 0 Å². The Labute approximate surface area is 102 Å². The van der Waals surface area contributed by atoms with Gasteiger partial charge in [0, 0.05) is 14.1 Å². The van der Waals surface area contributed by atoms with E-state index in [0.29, 0.717) is 11.3 Å². The summed E-state index contributed by atoms with van der Waals surface area (Å²) in [4.78, 5) is 13.7. The zero-order chi connectivity index (χ0) is 13.0. The highest BCUT2D eigenvalue weighted by Crippen LogP contribution is 2.22. The van der Waals surface area contributed by atoms with Gasteiger partial charge in [0.25, 0.3) is 0 Å². The summed E-state index contributed by atoms with van der Waals surface area (Å²) in [5.41, 5.74) is 7.84. The van der Waals surface area contributed by atoms with Crippen molar-refractivity contribution in [3.8, 4) is 0 Å². The molecule has 4 heteroatoms. The Hall–Kier alpha value is -1.71. The van der Waals surface area contributed by atoms with Crippen molar-refractivity contribution >= 4 is 17.3 Å². The number of anilines is 2. The Kier molecular flexibility index (Phi) is 4.37. The van der Waals surface area contributed by atoms with Crippen molar-refractivity contribution in [2.45, 2.75) is 26.4 Å². The van der Waals surface area contributed by atoms with E-state index in [1.807, 2.05) is 38.9 Å². The monoisotopic (exact) mass is 236 g/mol. The van der Waals surface area contributed by atoms with Crippen LogP contribution in [0.25, 0.3) is 0 Å². The van der Waals surface area contributed by atoms with Crippen LogP contribution in [0.15, 0.2) is 18.2 Å². The number of nitrogens with zero attached hydrogens (tertiary/aromatic N) is 1. The molecular weight excluding hydrogens is 216 g/mol. The Morgan fingerprint density at radius 2 is 2.12 bits per heavy atom. The van der Waals surface area contributed by atoms with E-state index in [1.54, 1.807) is 12.1 Å². The van der Waals surface area contributed by atoms with Gasteiger partial charge in [-0.25, -0.2) is 4.79 Å². The summed E-state index contributed by atoms with van der Waals surface area (Å²) in [5, 5.41) is 0. The molecular formula is C13H20N2O2. The van der Waals surface area contributed by atoms with Crippen LogP contribution in [0.2, 0.25) is 0 Å². The first-order chi connectivity index (χ1) is 7.95. The molecule has 2 N–H and O–H groups in total. The molecule has 0 aliphatic rings. The molecule has 1 atom stereocenters. The third-order valence-electron chi connectivity index (χ3n) is 2.63. The van der Waals surface area contributed by atoms with Crippen molar-refractivity contribution in [1.82, 2.24) is 0 Å². The Balaban J connectivity index is 2.86. The van der Waals surface area contributed by atoms with Crippen molar-refractivity contribution in [2.75, 3.05) is 24.7 Å². The molecule has 0 saturated heterocycles. The maximum Gasteiger partial charge on any atom is 0.338 e. The van der Waals surface area contributed by atoms with E-state index in [9.17, 15) is 4.79 Å². The fourth-order valence-electron chi connectivity index (χ4n) is 1.42. The third-order valence-corrected chi connectivity index (χ3v) is 2.63. The minimum atomic E-state index is -0.323. The molecule has 0 heterocycles. The number of hydrogen-bond donors (Lipinski definition) is 1. The molecule has 0 aromatic heterocycles. The molecule has 1 unspecified atom stereocenters. The normalized spacial score (nSPS) is 12.0. The summed E-state index contributed by atoms with van der Waals surface area (Å²) in [6, 6.07) is 5.21. The zero-order valence-corrected chi connectivity index (χ0v) is 10.9. The van der Waals surface area contributed by atoms with Gasteiger partial charge in [-0.1, -0.05) is 6.92 Å². The molecule has 0 aliphatic carbocycles. The number of ether oxygens (including phenoxy) is 1. The predicted molar refractivity (Wildman–Crippen MR) is 70.3 cm³/mol. The standard InChI is InChI=1S/C13H20N2O2/c1-5-9(2)17-13(16)10-6-7-12(15(3)4)11(14)8-10/h6-9H,5,14H2,1-4H3. The molecule has 0 radical (unpaired) electrons. The number of benzene rings is 1. The van der Waals surface area contributed by atoms with Crippen molar-refractivity contribution in [3.05, 3.63) is 23.8 Å². The van der Waals surface area contributed by atoms with Crippen molar-refractivity contribution in [2.24, 2.45) is 0 Å². The first kappa shape index (κ1) is 13.4. The molecule has 0 aliphatic heterocycles. The summed E-state index contributed by atoms with van der Waals surface area (Å²) >= 11 is 0. The first-order valence-electron chi connectivity index (χ1n) is 5.73. The second kappa shape index (κ2) is 5.57. The van der Waals surface area contributed by atoms with E-state index in [0.717, 1.165) is 12.1 Å². The molecule has 0 fully saturated rings. The topological polar surface area (TPSA) is 55.6 Å². The van der Waals surface area contributed by atoms with E-state index in [1.165, 1.54) is 0 Å². The Bertz CT molecular complexity index is 402. The second-order valence-electron chi connectivity index (χ2n) is 4.29. The lowest BCUT2D eigenvalue weighted by molar-refractivity contribution is 0.0334. The van der Waals surface area contributed by atoms with Gasteiger partial charge in [-0.05, 0) is 31.5 Å². The molecule has 0 bridgehead atoms. The second-order valence-corrected chi connectivity index (χ2v) is 4.29. The van der Waals surface area contributed by atoms with Gasteiger partial charge < -0.3 is 15.4 Å². The van der Waals surface area contributed by atoms with E-state index in [4.69, 9.17) is 10.5 Å². The molecule has 0 amide bonds. The van der Waals surface area contributed by atoms with Crippen LogP contribution in [-0.4, -0.2) is 26.2 Å². The van der Waals surface area contributed by atoms with Gasteiger partial charge in [0.15, 0.2) is 0 Å². The number of carbonyl (C=O) groups excluding carboxylic acids is 1. The number of carbonyl (C=O) groups is 1. The Morgan fingerprint density at radius 1 is 1.47 bits per heavy atom. The lowest BCUT2D eigenvalue weighted by Gasteiger charge is -2.16. The van der Waals surface area contributed by atoms with Crippen molar-refractivity contribution < 1.29 is 9.53 Å². The van der Waals surface area contributed by atoms with Gasteiger partial charge in [0.2, 0.25) is 0 Å². The number of nitrogen functional groups attached to an aromatic ring is 1. The maximum absolute atomic E-state index is 11.8. The minimum Gasteiger partial charge on any atom is -0.459 e. The molecule has 1 aromatic carbocycles. The summed E-state index contributed by atoms with van der Waals surface area (Å²) in [7, 11) is 3.81. The highest BCUT2D eigenvalue weighted by molar-refractivity contribution is 5.92. The highest BCUT2D eigenvalue weighted by atomic mass is 16.5. The quantitative estimate of drug-likeness (QED) is 0.643. The van der Waals surface area contributed by atoms with Crippen LogP contribution >= 0.6 is 0 Å². The number of rotatable bonds is 4. The molecule has 1 rings (SSSR count). The lowest BCUT2D eigenvalue weighted by atomic mass is 10.1. The van der Waals surface area contributed by atoms with Gasteiger partial charge >= 0.3 is 5.97 Å². The van der Waals surface area contributed by atoms with Gasteiger partial charge in [-0.15, -0.1) is 0 Å². The van der Waals surface area contributed by atoms with Gasteiger partial charge in [-0.2, -0.15) is 0 Å². The van der Waals surface area contributed by atoms with Crippen LogP contribution < -0.4 is 10.6 Å². The zero-order valence-electron chi connectivity index (χ0n) is 10.9. The van der Waals surface area contributed by atoms with Crippen LogP contribution in [-0.2, 0) is 4.74 Å². The van der Waals surface area contributed by atoms with Gasteiger partial charge in [0.1, 0.15) is 0 Å². The van der Waals surface area contributed by atoms with Crippen molar-refractivity contribution in [1.29, 1.82) is 0 Å². The van der Waals surface area contributed by atoms with E-state index < -0.39 is 0 Å². The predicted octanol–water partition coefficient (Wildman–Crippen LogP) is 2.29. The van der Waals surface area contributed by atoms with Gasteiger partial charge in [0.05, 0.1) is 23.0 Å². The molecule has 0 saturated carbocycles. The van der Waals surface area contributed by atoms with E-state index in [-0.39, 0.29) is 12.1 Å². The highest BCUT2D eigenvalue weighted by Gasteiger charge is 2.12. The van der Waals surface area contributed by atoms with Crippen LogP contribution in [0.4, 0.5) is 11.4 Å². The van der Waals surface area contributed by atoms with E-state index >= 15 is 0 Å². The van der Waals surface area contributed by atoms with Crippen LogP contribution in [0.5, 0.6) is 0 Å². The number of hydrogen-bond acceptors (Lipinski definition) is 4.